The van der Waals surface area contributed by atoms with Gasteiger partial charge in [0.05, 0.1) is 57.0 Å². The summed E-state index contributed by atoms with van der Waals surface area (Å²) in [5.41, 5.74) is 20.0. The first-order valence-electron chi connectivity index (χ1n) is 31.1. The molecular weight excluding hydrogens is 1100 g/mol. The number of fused-ring (bicyclic) bond motifs is 6. The zero-order valence-electron chi connectivity index (χ0n) is 52.8. The number of nitrogens with zero attached hydrogens (tertiary/aromatic N) is 8. The van der Waals surface area contributed by atoms with E-state index in [-0.39, 0.29) is 16.2 Å². The van der Waals surface area contributed by atoms with E-state index >= 15 is 0 Å². The van der Waals surface area contributed by atoms with Crippen LogP contribution in [0.3, 0.4) is 0 Å². The maximum Gasteiger partial charge on any atom is 0.164 e. The highest BCUT2D eigenvalue weighted by atomic mass is 15.0. The largest absolute Gasteiger partial charge is 0.309 e. The standard InChI is InChI=1S/C82H70N8/c1-11-12-18-51-27-31-73-69(38-51)70-45-62(80(2,3)4)28-32-74(70)89(73)65-41-58(55-22-15-19-52(35-55)48-83)39-60(43-65)77-86-78(88-79(87-77)68-26-14-13-25-67(68)57-24-17-21-54(37-57)50-85)61-40-59(56-23-16-20-53(36-56)49-84)42-66(44-61)90-75-33-29-63(81(5,6)7)46-71(75)72-47-64(82(8,9)10)30-34-76(72)90/h13-17,19-47H,11-12,18H2,1-10H3. The van der Waals surface area contributed by atoms with Gasteiger partial charge in [0.2, 0.25) is 0 Å². The second-order valence-corrected chi connectivity index (χ2v) is 27.0. The maximum atomic E-state index is 10.3. The van der Waals surface area contributed by atoms with Gasteiger partial charge < -0.3 is 9.13 Å². The van der Waals surface area contributed by atoms with Crippen LogP contribution in [0.1, 0.15) is 121 Å². The molecule has 8 heteroatoms. The molecule has 90 heavy (non-hydrogen) atoms. The molecule has 3 aromatic heterocycles. The smallest absolute Gasteiger partial charge is 0.164 e. The molecule has 0 bridgehead atoms. The van der Waals surface area contributed by atoms with E-state index in [1.54, 1.807) is 0 Å². The topological polar surface area (TPSA) is 120 Å². The molecule has 13 rings (SSSR count). The van der Waals surface area contributed by atoms with Gasteiger partial charge in [0.1, 0.15) is 0 Å². The molecule has 0 aliphatic rings. The van der Waals surface area contributed by atoms with Crippen LogP contribution in [0.2, 0.25) is 0 Å². The third kappa shape index (κ3) is 11.0. The van der Waals surface area contributed by atoms with Gasteiger partial charge in [-0.3, -0.25) is 0 Å². The zero-order chi connectivity index (χ0) is 62.8. The minimum absolute atomic E-state index is 0.0801. The molecule has 8 nitrogen and oxygen atoms in total. The van der Waals surface area contributed by atoms with Crippen LogP contribution < -0.4 is 0 Å². The predicted octanol–water partition coefficient (Wildman–Crippen LogP) is 20.9. The van der Waals surface area contributed by atoms with Crippen molar-refractivity contribution in [3.05, 3.63) is 245 Å². The van der Waals surface area contributed by atoms with Crippen LogP contribution in [-0.2, 0) is 22.7 Å². The molecule has 10 aromatic carbocycles. The normalized spacial score (nSPS) is 12.0. The summed E-state index contributed by atoms with van der Waals surface area (Å²) in [6, 6.07) is 79.0. The van der Waals surface area contributed by atoms with Gasteiger partial charge in [-0.05, 0) is 206 Å². The molecule has 0 spiro atoms. The zero-order valence-corrected chi connectivity index (χ0v) is 52.8. The fraction of sp³-hybridized carbons (Fsp3) is 0.195. The van der Waals surface area contributed by atoms with E-state index in [0.717, 1.165) is 114 Å². The van der Waals surface area contributed by atoms with Crippen LogP contribution >= 0.6 is 0 Å². The van der Waals surface area contributed by atoms with E-state index in [2.05, 4.69) is 224 Å². The molecule has 0 unspecified atom stereocenters. The molecule has 13 aromatic rings. The average molecular weight is 1170 g/mol. The molecule has 0 saturated carbocycles. The number of rotatable bonds is 11. The minimum Gasteiger partial charge on any atom is -0.309 e. The molecule has 0 aliphatic heterocycles. The van der Waals surface area contributed by atoms with Gasteiger partial charge in [-0.1, -0.05) is 161 Å². The number of benzene rings is 10. The highest BCUT2D eigenvalue weighted by Crippen LogP contribution is 2.43. The number of aromatic nitrogens is 5. The third-order valence-electron chi connectivity index (χ3n) is 17.6. The summed E-state index contributed by atoms with van der Waals surface area (Å²) < 4.78 is 4.73. The van der Waals surface area contributed by atoms with E-state index in [4.69, 9.17) is 15.0 Å². The molecule has 438 valence electrons. The van der Waals surface area contributed by atoms with Gasteiger partial charge in [0.25, 0.3) is 0 Å². The van der Waals surface area contributed by atoms with Crippen molar-refractivity contribution in [3.63, 3.8) is 0 Å². The summed E-state index contributed by atoms with van der Waals surface area (Å²) in [6.07, 6.45) is 3.21. The van der Waals surface area contributed by atoms with Crippen LogP contribution in [0.25, 0.3) is 123 Å². The molecule has 0 aliphatic carbocycles. The summed E-state index contributed by atoms with van der Waals surface area (Å²) in [5.74, 6) is 1.32. The summed E-state index contributed by atoms with van der Waals surface area (Å²) in [6.45, 7) is 22.6. The van der Waals surface area contributed by atoms with E-state index in [0.29, 0.717) is 34.2 Å². The Labute approximate surface area is 527 Å². The molecule has 0 fully saturated rings. The summed E-state index contributed by atoms with van der Waals surface area (Å²) in [7, 11) is 0. The first-order valence-corrected chi connectivity index (χ1v) is 31.1. The van der Waals surface area contributed by atoms with E-state index in [1.165, 1.54) is 33.0 Å². The summed E-state index contributed by atoms with van der Waals surface area (Å²) in [4.78, 5) is 16.7. The lowest BCUT2D eigenvalue weighted by atomic mass is 9.85. The van der Waals surface area contributed by atoms with Crippen molar-refractivity contribution in [2.24, 2.45) is 0 Å². The monoisotopic (exact) mass is 1170 g/mol. The van der Waals surface area contributed by atoms with Crippen LogP contribution in [0.4, 0.5) is 0 Å². The Kier molecular flexibility index (Phi) is 14.8. The van der Waals surface area contributed by atoms with E-state index < -0.39 is 0 Å². The van der Waals surface area contributed by atoms with Crippen LogP contribution in [0.15, 0.2) is 206 Å². The number of unbranched alkanes of at least 4 members (excludes halogenated alkanes) is 1. The molecule has 0 radical (unpaired) electrons. The minimum atomic E-state index is -0.0904. The molecule has 0 N–H and O–H groups in total. The molecule has 0 amide bonds. The lowest BCUT2D eigenvalue weighted by Crippen LogP contribution is -2.10. The summed E-state index contributed by atoms with van der Waals surface area (Å²) >= 11 is 0. The highest BCUT2D eigenvalue weighted by molar-refractivity contribution is 6.11. The van der Waals surface area contributed by atoms with Crippen molar-refractivity contribution in [2.45, 2.75) is 105 Å². The quantitative estimate of drug-likeness (QED) is 0.127. The molecular formula is C82H70N8. The second-order valence-electron chi connectivity index (χ2n) is 27.0. The second kappa shape index (κ2) is 22.8. The number of hydrogen-bond donors (Lipinski definition) is 0. The van der Waals surface area contributed by atoms with E-state index in [9.17, 15) is 15.8 Å². The number of hydrogen-bond acceptors (Lipinski definition) is 6. The lowest BCUT2D eigenvalue weighted by molar-refractivity contribution is 0.590. The number of aryl methyl sites for hydroxylation is 1. The Bertz CT molecular complexity index is 5090. The van der Waals surface area contributed by atoms with Gasteiger partial charge in [-0.15, -0.1) is 0 Å². The highest BCUT2D eigenvalue weighted by Gasteiger charge is 2.25. The van der Waals surface area contributed by atoms with Crippen molar-refractivity contribution >= 4 is 43.6 Å². The summed E-state index contributed by atoms with van der Waals surface area (Å²) in [5, 5.41) is 35.5. The van der Waals surface area contributed by atoms with E-state index in [1.807, 2.05) is 78.9 Å². The Morgan fingerprint density at radius 2 is 0.722 bits per heavy atom. The van der Waals surface area contributed by atoms with Gasteiger partial charge in [-0.25, -0.2) is 15.0 Å². The first-order chi connectivity index (χ1) is 43.3. The Morgan fingerprint density at radius 1 is 0.344 bits per heavy atom. The Hall–Kier alpha value is -10.7. The van der Waals surface area contributed by atoms with Crippen molar-refractivity contribution in [3.8, 4) is 97.1 Å². The van der Waals surface area contributed by atoms with Crippen molar-refractivity contribution in [1.82, 2.24) is 24.1 Å². The predicted molar refractivity (Wildman–Crippen MR) is 370 cm³/mol. The number of nitriles is 3. The van der Waals surface area contributed by atoms with Crippen molar-refractivity contribution in [1.29, 1.82) is 15.8 Å². The average Bonchev–Trinajstić information content (AvgIpc) is 1.57. The van der Waals surface area contributed by atoms with Gasteiger partial charge in [0, 0.05) is 49.6 Å². The molecule has 3 heterocycles. The van der Waals surface area contributed by atoms with Gasteiger partial charge in [0.15, 0.2) is 17.5 Å². The fourth-order valence-electron chi connectivity index (χ4n) is 12.6. The lowest BCUT2D eigenvalue weighted by Gasteiger charge is -2.19. The Morgan fingerprint density at radius 3 is 1.14 bits per heavy atom. The van der Waals surface area contributed by atoms with Gasteiger partial charge >= 0.3 is 0 Å². The molecule has 0 atom stereocenters. The first kappa shape index (κ1) is 58.3. The SMILES string of the molecule is CCCCc1ccc2c(c1)c1cc(C(C)(C)C)ccc1n2-c1cc(-c2cccc(C#N)c2)cc(-c2nc(-c3cc(-c4cccc(C#N)c4)cc(-n4c5ccc(C(C)(C)C)cc5c5cc(C(C)(C)C)ccc54)c3)nc(-c3ccccc3-c3cccc(C#N)c3)n2)c1. The van der Waals surface area contributed by atoms with Crippen LogP contribution in [0.5, 0.6) is 0 Å². The maximum absolute atomic E-state index is 10.3. The van der Waals surface area contributed by atoms with Crippen LogP contribution in [-0.4, -0.2) is 24.1 Å². The van der Waals surface area contributed by atoms with Crippen molar-refractivity contribution in [2.75, 3.05) is 0 Å². The van der Waals surface area contributed by atoms with Crippen molar-refractivity contribution < 1.29 is 0 Å². The fourth-order valence-corrected chi connectivity index (χ4v) is 12.6. The van der Waals surface area contributed by atoms with Gasteiger partial charge in [-0.2, -0.15) is 15.8 Å². The Balaban J connectivity index is 1.12. The third-order valence-corrected chi connectivity index (χ3v) is 17.6. The molecule has 0 saturated heterocycles. The van der Waals surface area contributed by atoms with Crippen LogP contribution in [0, 0.1) is 34.0 Å².